The van der Waals surface area contributed by atoms with Crippen LogP contribution in [0, 0.1) is 17.5 Å². The van der Waals surface area contributed by atoms with E-state index in [4.69, 9.17) is 0 Å². The highest BCUT2D eigenvalue weighted by atomic mass is 19.2. The Kier molecular flexibility index (Phi) is 6.20. The van der Waals surface area contributed by atoms with Crippen molar-refractivity contribution >= 4 is 17.5 Å². The van der Waals surface area contributed by atoms with Gasteiger partial charge in [0.05, 0.1) is 12.2 Å². The number of hydrogen-bond donors (Lipinski definition) is 1. The van der Waals surface area contributed by atoms with Crippen molar-refractivity contribution in [2.75, 3.05) is 18.4 Å². The monoisotopic (exact) mass is 302 g/mol. The van der Waals surface area contributed by atoms with Crippen molar-refractivity contribution in [2.24, 2.45) is 0 Å². The third kappa shape index (κ3) is 4.47. The Balaban J connectivity index is 2.77. The lowest BCUT2D eigenvalue weighted by molar-refractivity contribution is -0.134. The average molecular weight is 302 g/mol. The molecular weight excluding hydrogens is 285 g/mol. The zero-order valence-electron chi connectivity index (χ0n) is 11.9. The van der Waals surface area contributed by atoms with Crippen LogP contribution in [0.5, 0.6) is 0 Å². The molecule has 21 heavy (non-hydrogen) atoms. The van der Waals surface area contributed by atoms with E-state index >= 15 is 0 Å². The van der Waals surface area contributed by atoms with Crippen LogP contribution in [-0.2, 0) is 9.59 Å². The highest BCUT2D eigenvalue weighted by Gasteiger charge is 2.18. The summed E-state index contributed by atoms with van der Waals surface area (Å²) in [7, 11) is 0. The second-order valence-electron chi connectivity index (χ2n) is 4.44. The van der Waals surface area contributed by atoms with Gasteiger partial charge in [0.15, 0.2) is 17.5 Å². The summed E-state index contributed by atoms with van der Waals surface area (Å²) in [6, 6.07) is 1.65. The van der Waals surface area contributed by atoms with Crippen molar-refractivity contribution in [1.82, 2.24) is 4.90 Å². The normalized spacial score (nSPS) is 10.3. The molecule has 1 rings (SSSR count). The fraction of sp³-hybridized carbons (Fsp3) is 0.429. The van der Waals surface area contributed by atoms with E-state index < -0.39 is 29.0 Å². The molecule has 0 unspecified atom stereocenters. The maximum Gasteiger partial charge on any atom is 0.244 e. The van der Waals surface area contributed by atoms with Crippen molar-refractivity contribution in [2.45, 2.75) is 26.7 Å². The SMILES string of the molecule is CCCN(CC(=O)Nc1ccc(F)c(F)c1F)C(=O)CC. The van der Waals surface area contributed by atoms with E-state index in [1.54, 1.807) is 6.92 Å². The van der Waals surface area contributed by atoms with Crippen LogP contribution >= 0.6 is 0 Å². The van der Waals surface area contributed by atoms with Crippen molar-refractivity contribution < 1.29 is 22.8 Å². The van der Waals surface area contributed by atoms with Crippen LogP contribution in [-0.4, -0.2) is 29.8 Å². The molecule has 2 amide bonds. The van der Waals surface area contributed by atoms with E-state index in [0.717, 1.165) is 12.1 Å². The molecule has 0 radical (unpaired) electrons. The molecule has 0 fully saturated rings. The molecule has 0 aromatic heterocycles. The first-order valence-corrected chi connectivity index (χ1v) is 6.61. The predicted octanol–water partition coefficient (Wildman–Crippen LogP) is 2.69. The van der Waals surface area contributed by atoms with Gasteiger partial charge in [-0.15, -0.1) is 0 Å². The molecule has 7 heteroatoms. The van der Waals surface area contributed by atoms with Gasteiger partial charge in [0.25, 0.3) is 0 Å². The lowest BCUT2D eigenvalue weighted by Crippen LogP contribution is -2.38. The Hall–Kier alpha value is -2.05. The number of carbonyl (C=O) groups is 2. The van der Waals surface area contributed by atoms with Gasteiger partial charge in [0.2, 0.25) is 11.8 Å². The minimum Gasteiger partial charge on any atom is -0.333 e. The number of benzene rings is 1. The molecule has 1 aromatic rings. The fourth-order valence-electron chi connectivity index (χ4n) is 1.77. The van der Waals surface area contributed by atoms with E-state index in [0.29, 0.717) is 13.0 Å². The van der Waals surface area contributed by atoms with Crippen LogP contribution in [0.25, 0.3) is 0 Å². The molecule has 0 spiro atoms. The highest BCUT2D eigenvalue weighted by Crippen LogP contribution is 2.19. The third-order valence-corrected chi connectivity index (χ3v) is 2.79. The Bertz CT molecular complexity index is 535. The van der Waals surface area contributed by atoms with Gasteiger partial charge >= 0.3 is 0 Å². The summed E-state index contributed by atoms with van der Waals surface area (Å²) in [6.45, 7) is 3.64. The summed E-state index contributed by atoms with van der Waals surface area (Å²) < 4.78 is 39.2. The Morgan fingerprint density at radius 3 is 2.38 bits per heavy atom. The predicted molar refractivity (Wildman–Crippen MR) is 72.1 cm³/mol. The van der Waals surface area contributed by atoms with Crippen LogP contribution in [0.15, 0.2) is 12.1 Å². The molecule has 0 atom stereocenters. The topological polar surface area (TPSA) is 49.4 Å². The first-order chi connectivity index (χ1) is 9.90. The molecule has 0 aliphatic heterocycles. The number of carbonyl (C=O) groups excluding carboxylic acids is 2. The standard InChI is InChI=1S/C14H17F3N2O2/c1-3-7-19(12(21)4-2)8-11(20)18-10-6-5-9(15)13(16)14(10)17/h5-6H,3-4,7-8H2,1-2H3,(H,18,20). The molecule has 0 saturated heterocycles. The molecule has 1 N–H and O–H groups in total. The van der Waals surface area contributed by atoms with Crippen LogP contribution < -0.4 is 5.32 Å². The van der Waals surface area contributed by atoms with Crippen LogP contribution in [0.3, 0.4) is 0 Å². The molecule has 0 bridgehead atoms. The third-order valence-electron chi connectivity index (χ3n) is 2.79. The Morgan fingerprint density at radius 1 is 1.14 bits per heavy atom. The smallest absolute Gasteiger partial charge is 0.244 e. The highest BCUT2D eigenvalue weighted by molar-refractivity contribution is 5.94. The average Bonchev–Trinajstić information content (AvgIpc) is 2.46. The largest absolute Gasteiger partial charge is 0.333 e. The molecular formula is C14H17F3N2O2. The number of hydrogen-bond acceptors (Lipinski definition) is 2. The summed E-state index contributed by atoms with van der Waals surface area (Å²) in [4.78, 5) is 24.7. The van der Waals surface area contributed by atoms with Gasteiger partial charge in [-0.05, 0) is 18.6 Å². The van der Waals surface area contributed by atoms with Crippen molar-refractivity contribution in [1.29, 1.82) is 0 Å². The summed E-state index contributed by atoms with van der Waals surface area (Å²) >= 11 is 0. The zero-order chi connectivity index (χ0) is 16.0. The zero-order valence-corrected chi connectivity index (χ0v) is 11.9. The van der Waals surface area contributed by atoms with Gasteiger partial charge in [-0.1, -0.05) is 13.8 Å². The van der Waals surface area contributed by atoms with Gasteiger partial charge in [-0.25, -0.2) is 13.2 Å². The van der Waals surface area contributed by atoms with E-state index in [2.05, 4.69) is 5.32 Å². The lowest BCUT2D eigenvalue weighted by Gasteiger charge is -2.21. The van der Waals surface area contributed by atoms with E-state index in [1.807, 2.05) is 6.92 Å². The first kappa shape index (κ1) is 17.0. The molecule has 0 aliphatic carbocycles. The van der Waals surface area contributed by atoms with Crippen LogP contribution in [0.4, 0.5) is 18.9 Å². The summed E-state index contributed by atoms with van der Waals surface area (Å²) in [6.07, 6.45) is 0.908. The number of halogens is 3. The van der Waals surface area contributed by atoms with Crippen molar-refractivity contribution in [3.63, 3.8) is 0 Å². The van der Waals surface area contributed by atoms with Gasteiger partial charge < -0.3 is 10.2 Å². The number of nitrogens with one attached hydrogen (secondary N) is 1. The first-order valence-electron chi connectivity index (χ1n) is 6.61. The van der Waals surface area contributed by atoms with Gasteiger partial charge in [-0.3, -0.25) is 9.59 Å². The van der Waals surface area contributed by atoms with Crippen molar-refractivity contribution in [3.8, 4) is 0 Å². The molecule has 1 aromatic carbocycles. The van der Waals surface area contributed by atoms with Gasteiger partial charge in [0.1, 0.15) is 0 Å². The number of anilines is 1. The minimum atomic E-state index is -1.65. The van der Waals surface area contributed by atoms with Gasteiger partial charge in [0, 0.05) is 13.0 Å². The molecule has 116 valence electrons. The Morgan fingerprint density at radius 2 is 1.81 bits per heavy atom. The van der Waals surface area contributed by atoms with E-state index in [-0.39, 0.29) is 18.9 Å². The van der Waals surface area contributed by atoms with Gasteiger partial charge in [-0.2, -0.15) is 0 Å². The Labute approximate surface area is 120 Å². The second-order valence-corrected chi connectivity index (χ2v) is 4.44. The molecule has 0 heterocycles. The summed E-state index contributed by atoms with van der Waals surface area (Å²) in [5, 5.41) is 2.13. The maximum atomic E-state index is 13.4. The number of rotatable bonds is 6. The van der Waals surface area contributed by atoms with Crippen LogP contribution in [0.2, 0.25) is 0 Å². The quantitative estimate of drug-likeness (QED) is 0.821. The van der Waals surface area contributed by atoms with Crippen LogP contribution in [0.1, 0.15) is 26.7 Å². The van der Waals surface area contributed by atoms with E-state index in [1.165, 1.54) is 4.90 Å². The lowest BCUT2D eigenvalue weighted by atomic mass is 10.2. The maximum absolute atomic E-state index is 13.4. The molecule has 4 nitrogen and oxygen atoms in total. The fourth-order valence-corrected chi connectivity index (χ4v) is 1.77. The molecule has 0 aliphatic rings. The second kappa shape index (κ2) is 7.66. The summed E-state index contributed by atoms with van der Waals surface area (Å²) in [5.41, 5.74) is -0.459. The van der Waals surface area contributed by atoms with E-state index in [9.17, 15) is 22.8 Å². The minimum absolute atomic E-state index is 0.210. The number of amides is 2. The van der Waals surface area contributed by atoms with Crippen molar-refractivity contribution in [3.05, 3.63) is 29.6 Å². The number of nitrogens with zero attached hydrogens (tertiary/aromatic N) is 1. The summed E-state index contributed by atoms with van der Waals surface area (Å²) in [5.74, 6) is -5.33. The molecule has 0 saturated carbocycles.